The lowest BCUT2D eigenvalue weighted by molar-refractivity contribution is 0.203. The summed E-state index contributed by atoms with van der Waals surface area (Å²) in [5, 5.41) is 2.95. The molecule has 0 fully saturated rings. The number of nitrogens with zero attached hydrogens (tertiary/aromatic N) is 3. The van der Waals surface area contributed by atoms with Crippen LogP contribution in [0.3, 0.4) is 0 Å². The first-order valence-corrected chi connectivity index (χ1v) is 8.95. The minimum absolute atomic E-state index is 0.119. The minimum atomic E-state index is -0.946. The average molecular weight is 400 g/mol. The van der Waals surface area contributed by atoms with Gasteiger partial charge in [-0.15, -0.1) is 0 Å². The van der Waals surface area contributed by atoms with E-state index in [4.69, 9.17) is 4.74 Å². The van der Waals surface area contributed by atoms with E-state index < -0.39 is 17.7 Å². The molecule has 6 nitrogen and oxygen atoms in total. The first kappa shape index (κ1) is 20.3. The van der Waals surface area contributed by atoms with E-state index in [1.165, 1.54) is 11.0 Å². The van der Waals surface area contributed by atoms with Crippen LogP contribution in [0.25, 0.3) is 0 Å². The number of carbonyl (C=O) groups is 1. The van der Waals surface area contributed by atoms with Crippen LogP contribution in [-0.2, 0) is 13.6 Å². The lowest BCUT2D eigenvalue weighted by Gasteiger charge is -2.24. The molecular weight excluding hydrogens is 378 g/mol. The number of aryl methyl sites for hydroxylation is 1. The van der Waals surface area contributed by atoms with Gasteiger partial charge in [-0.05, 0) is 35.4 Å². The van der Waals surface area contributed by atoms with Crippen LogP contribution >= 0.6 is 0 Å². The Morgan fingerprint density at radius 1 is 1.24 bits per heavy atom. The first-order chi connectivity index (χ1) is 13.9. The molecule has 2 aromatic carbocycles. The number of imidazole rings is 1. The fourth-order valence-corrected chi connectivity index (χ4v) is 2.99. The molecule has 1 aromatic heterocycles. The highest BCUT2D eigenvalue weighted by molar-refractivity contribution is 5.75. The summed E-state index contributed by atoms with van der Waals surface area (Å²) in [4.78, 5) is 18.6. The van der Waals surface area contributed by atoms with E-state index in [9.17, 15) is 13.6 Å². The molecular formula is C21H22F2N4O2. The van der Waals surface area contributed by atoms with E-state index in [1.54, 1.807) is 26.6 Å². The summed E-state index contributed by atoms with van der Waals surface area (Å²) >= 11 is 0. The Balaban J connectivity index is 1.82. The van der Waals surface area contributed by atoms with Crippen molar-refractivity contribution in [1.82, 2.24) is 19.8 Å². The van der Waals surface area contributed by atoms with Crippen LogP contribution in [0.5, 0.6) is 5.75 Å². The Morgan fingerprint density at radius 3 is 2.69 bits per heavy atom. The van der Waals surface area contributed by atoms with Crippen molar-refractivity contribution >= 4 is 6.03 Å². The number of hydrogen-bond acceptors (Lipinski definition) is 3. The predicted molar refractivity (Wildman–Crippen MR) is 104 cm³/mol. The number of methoxy groups -OCH3 is 1. The summed E-state index contributed by atoms with van der Waals surface area (Å²) in [5.74, 6) is -0.564. The van der Waals surface area contributed by atoms with Crippen LogP contribution < -0.4 is 10.1 Å². The molecule has 0 saturated heterocycles. The molecule has 0 aliphatic carbocycles. The summed E-state index contributed by atoms with van der Waals surface area (Å²) in [7, 11) is 4.99. The standard InChI is InChI=1S/C21H22F2N4O2/c1-26-10-9-24-20(26)19(15-5-4-6-16(12-15)29-3)25-21(28)27(2)13-14-7-8-17(22)18(23)11-14/h4-12,19H,13H2,1-3H3,(H,25,28). The second-order valence-corrected chi connectivity index (χ2v) is 6.66. The number of aromatic nitrogens is 2. The van der Waals surface area contributed by atoms with Crippen molar-refractivity contribution in [3.63, 3.8) is 0 Å². The third-order valence-corrected chi connectivity index (χ3v) is 4.56. The summed E-state index contributed by atoms with van der Waals surface area (Å²) < 4.78 is 33.7. The van der Waals surface area contributed by atoms with Crippen molar-refractivity contribution < 1.29 is 18.3 Å². The Hall–Kier alpha value is -3.42. The molecule has 0 radical (unpaired) electrons. The van der Waals surface area contributed by atoms with E-state index in [0.717, 1.165) is 17.7 Å². The van der Waals surface area contributed by atoms with Crippen molar-refractivity contribution in [1.29, 1.82) is 0 Å². The average Bonchev–Trinajstić information content (AvgIpc) is 3.14. The van der Waals surface area contributed by atoms with Gasteiger partial charge in [-0.2, -0.15) is 0 Å². The maximum Gasteiger partial charge on any atom is 0.318 e. The molecule has 0 aliphatic rings. The lowest BCUT2D eigenvalue weighted by Crippen LogP contribution is -2.40. The second-order valence-electron chi connectivity index (χ2n) is 6.66. The number of hydrogen-bond donors (Lipinski definition) is 1. The van der Waals surface area contributed by atoms with Gasteiger partial charge >= 0.3 is 6.03 Å². The maximum absolute atomic E-state index is 13.4. The monoisotopic (exact) mass is 400 g/mol. The molecule has 3 aromatic rings. The topological polar surface area (TPSA) is 59.4 Å². The molecule has 29 heavy (non-hydrogen) atoms. The molecule has 1 N–H and O–H groups in total. The van der Waals surface area contributed by atoms with Gasteiger partial charge in [0.1, 0.15) is 17.6 Å². The van der Waals surface area contributed by atoms with Crippen molar-refractivity contribution in [2.45, 2.75) is 12.6 Å². The highest BCUT2D eigenvalue weighted by Gasteiger charge is 2.23. The van der Waals surface area contributed by atoms with Gasteiger partial charge in [0.05, 0.1) is 7.11 Å². The van der Waals surface area contributed by atoms with Crippen LogP contribution in [0.2, 0.25) is 0 Å². The van der Waals surface area contributed by atoms with Crippen molar-refractivity contribution in [3.05, 3.63) is 83.4 Å². The van der Waals surface area contributed by atoms with Gasteiger partial charge in [0, 0.05) is 33.0 Å². The zero-order valence-corrected chi connectivity index (χ0v) is 16.4. The highest BCUT2D eigenvalue weighted by atomic mass is 19.2. The Labute approximate surface area is 167 Å². The third kappa shape index (κ3) is 4.71. The number of halogens is 2. The van der Waals surface area contributed by atoms with Gasteiger partial charge < -0.3 is 19.5 Å². The van der Waals surface area contributed by atoms with Crippen LogP contribution in [0.15, 0.2) is 54.9 Å². The summed E-state index contributed by atoms with van der Waals surface area (Å²) in [6.07, 6.45) is 3.44. The second kappa shape index (κ2) is 8.72. The Morgan fingerprint density at radius 2 is 2.03 bits per heavy atom. The first-order valence-electron chi connectivity index (χ1n) is 8.95. The summed E-state index contributed by atoms with van der Waals surface area (Å²) in [6, 6.07) is 10.0. The lowest BCUT2D eigenvalue weighted by atomic mass is 10.1. The van der Waals surface area contributed by atoms with Gasteiger partial charge in [0.25, 0.3) is 0 Å². The maximum atomic E-state index is 13.4. The molecule has 0 bridgehead atoms. The van der Waals surface area contributed by atoms with Crippen LogP contribution in [-0.4, -0.2) is 34.6 Å². The van der Waals surface area contributed by atoms with Crippen LogP contribution in [0, 0.1) is 11.6 Å². The van der Waals surface area contributed by atoms with E-state index in [-0.39, 0.29) is 12.6 Å². The van der Waals surface area contributed by atoms with Crippen LogP contribution in [0.4, 0.5) is 13.6 Å². The molecule has 1 unspecified atom stereocenters. The normalized spacial score (nSPS) is 11.8. The summed E-state index contributed by atoms with van der Waals surface area (Å²) in [5.41, 5.74) is 1.28. The molecule has 0 saturated carbocycles. The number of benzene rings is 2. The highest BCUT2D eigenvalue weighted by Crippen LogP contribution is 2.24. The van der Waals surface area contributed by atoms with Gasteiger partial charge in [0.15, 0.2) is 11.6 Å². The molecule has 2 amide bonds. The third-order valence-electron chi connectivity index (χ3n) is 4.56. The van der Waals surface area contributed by atoms with Gasteiger partial charge in [-0.3, -0.25) is 0 Å². The van der Waals surface area contributed by atoms with Gasteiger partial charge in [-0.1, -0.05) is 18.2 Å². The number of rotatable bonds is 6. The van der Waals surface area contributed by atoms with E-state index in [0.29, 0.717) is 17.1 Å². The molecule has 152 valence electrons. The predicted octanol–water partition coefficient (Wildman–Crippen LogP) is 3.64. The van der Waals surface area contributed by atoms with Crippen molar-refractivity contribution in [3.8, 4) is 5.75 Å². The van der Waals surface area contributed by atoms with E-state index in [2.05, 4.69) is 10.3 Å². The van der Waals surface area contributed by atoms with Crippen LogP contribution in [0.1, 0.15) is 23.0 Å². The molecule has 0 aliphatic heterocycles. The van der Waals surface area contributed by atoms with Gasteiger partial charge in [-0.25, -0.2) is 18.6 Å². The zero-order chi connectivity index (χ0) is 21.0. The van der Waals surface area contributed by atoms with Gasteiger partial charge in [0.2, 0.25) is 0 Å². The van der Waals surface area contributed by atoms with Crippen molar-refractivity contribution in [2.24, 2.45) is 7.05 Å². The molecule has 1 heterocycles. The van der Waals surface area contributed by atoms with Crippen molar-refractivity contribution in [2.75, 3.05) is 14.2 Å². The number of nitrogens with one attached hydrogen (secondary N) is 1. The van der Waals surface area contributed by atoms with E-state index >= 15 is 0 Å². The quantitative estimate of drug-likeness (QED) is 0.687. The zero-order valence-electron chi connectivity index (χ0n) is 16.4. The Kier molecular flexibility index (Phi) is 6.11. The SMILES string of the molecule is COc1cccc(C(NC(=O)N(C)Cc2ccc(F)c(F)c2)c2nccn2C)c1. The largest absolute Gasteiger partial charge is 0.497 e. The Bertz CT molecular complexity index is 1010. The number of ether oxygens (including phenoxy) is 1. The number of carbonyl (C=O) groups excluding carboxylic acids is 1. The molecule has 8 heteroatoms. The smallest absolute Gasteiger partial charge is 0.318 e. The molecule has 1 atom stereocenters. The number of amides is 2. The number of urea groups is 1. The van der Waals surface area contributed by atoms with E-state index in [1.807, 2.05) is 35.9 Å². The fourth-order valence-electron chi connectivity index (χ4n) is 2.99. The minimum Gasteiger partial charge on any atom is -0.497 e. The molecule has 0 spiro atoms. The summed E-state index contributed by atoms with van der Waals surface area (Å²) in [6.45, 7) is 0.119. The fraction of sp³-hybridized carbons (Fsp3) is 0.238. The molecule has 3 rings (SSSR count).